The minimum atomic E-state index is -0.187. The van der Waals surface area contributed by atoms with E-state index >= 15 is 0 Å². The van der Waals surface area contributed by atoms with Crippen LogP contribution in [0, 0.1) is 90.2 Å². The topological polar surface area (TPSA) is 273 Å². The van der Waals surface area contributed by atoms with Crippen LogP contribution in [0.2, 0.25) is 0 Å². The van der Waals surface area contributed by atoms with Crippen molar-refractivity contribution in [3.8, 4) is 11.5 Å². The van der Waals surface area contributed by atoms with E-state index in [1.165, 1.54) is 67.5 Å². The number of aliphatic hydroxyl groups excluding tert-OH is 2. The second kappa shape index (κ2) is 40.0. The number of carbonyl (C=O) groups excluding carboxylic acids is 4. The van der Waals surface area contributed by atoms with Gasteiger partial charge in [-0.2, -0.15) is 0 Å². The molecule has 0 aliphatic carbocycles. The van der Waals surface area contributed by atoms with Crippen molar-refractivity contribution in [3.05, 3.63) is 119 Å². The number of allylic oxidation sites excluding steroid dienone is 8. The summed E-state index contributed by atoms with van der Waals surface area (Å²) in [5.74, 6) is -1.51. The standard InChI is InChI=1S/2C10H9NO.4C5H8O2.2CH4O.2Dy/c2*1-7-5-6-8-3-2-4-9(12)10(8)11-7;4*1-4(6)3-5(2)7;2*1-2;;/h2*2-6,12H,1H3;4*3,6H,1-2H3;2*2H,1H3;;/q;;;;;;;;2*+3/p-6/b;;4*4-3-;;;;. The molecule has 0 bridgehead atoms. The van der Waals surface area contributed by atoms with Crippen LogP contribution < -0.4 is 30.6 Å². The first-order valence-electron chi connectivity index (χ1n) is 16.4. The van der Waals surface area contributed by atoms with Crippen LogP contribution in [-0.4, -0.2) is 57.5 Å². The van der Waals surface area contributed by atoms with E-state index in [1.54, 1.807) is 12.1 Å². The van der Waals surface area contributed by atoms with Crippen molar-refractivity contribution < 1.29 is 136 Å². The number of carbonyl (C=O) groups is 4. The maximum atomic E-state index is 11.3. The summed E-state index contributed by atoms with van der Waals surface area (Å²) in [6.07, 6.45) is 4.22. The Morgan fingerprint density at radius 2 is 0.672 bits per heavy atom. The van der Waals surface area contributed by atoms with Gasteiger partial charge in [-0.1, -0.05) is 87.7 Å². The second-order valence-corrected chi connectivity index (χ2v) is 11.0. The molecular formula is C42H52Dy2N2O12. The molecule has 14 nitrogen and oxygen atoms in total. The van der Waals surface area contributed by atoms with Gasteiger partial charge in [0.05, 0.1) is 11.0 Å². The van der Waals surface area contributed by atoms with Gasteiger partial charge in [0.1, 0.15) is 0 Å². The largest absolute Gasteiger partial charge is 3.00 e. The third-order valence-electron chi connectivity index (χ3n) is 5.27. The maximum Gasteiger partial charge on any atom is 3.00 e. The van der Waals surface area contributed by atoms with Gasteiger partial charge in [0, 0.05) is 25.6 Å². The zero-order valence-electron chi connectivity index (χ0n) is 34.6. The van der Waals surface area contributed by atoms with Gasteiger partial charge < -0.3 is 40.9 Å². The van der Waals surface area contributed by atoms with Gasteiger partial charge in [0.25, 0.3) is 0 Å². The fourth-order valence-corrected chi connectivity index (χ4v) is 3.58. The molecule has 0 aliphatic heterocycles. The van der Waals surface area contributed by atoms with Crippen molar-refractivity contribution in [3.63, 3.8) is 0 Å². The average Bonchev–Trinajstić information content (AvgIpc) is 3.06. The summed E-state index contributed by atoms with van der Waals surface area (Å²) in [6.45, 7) is 14.6. The molecule has 4 aromatic rings. The van der Waals surface area contributed by atoms with Gasteiger partial charge in [0.15, 0.2) is 23.1 Å². The average molecular weight is 1100 g/mol. The number of benzene rings is 2. The molecule has 322 valence electrons. The number of fused-ring (bicyclic) bond motifs is 2. The summed E-state index contributed by atoms with van der Waals surface area (Å²) in [4.78, 5) is 48.2. The van der Waals surface area contributed by atoms with Crippen molar-refractivity contribution in [1.29, 1.82) is 0 Å². The fourth-order valence-electron chi connectivity index (χ4n) is 3.58. The first-order chi connectivity index (χ1) is 26.0. The molecule has 0 saturated heterocycles. The molecule has 16 heteroatoms. The first-order valence-corrected chi connectivity index (χ1v) is 16.4. The van der Waals surface area contributed by atoms with Gasteiger partial charge >= 0.3 is 76.3 Å². The molecular weight excluding hydrogens is 1050 g/mol. The van der Waals surface area contributed by atoms with Crippen molar-refractivity contribution in [2.45, 2.75) is 69.2 Å². The molecule has 0 atom stereocenters. The maximum absolute atomic E-state index is 11.3. The summed E-state index contributed by atoms with van der Waals surface area (Å²) in [6, 6.07) is 18.0. The van der Waals surface area contributed by atoms with Crippen LogP contribution in [0.25, 0.3) is 21.8 Å². The molecule has 2 aromatic heterocycles. The second-order valence-electron chi connectivity index (χ2n) is 11.0. The number of rotatable bonds is 4. The molecule has 2 aromatic carbocycles. The number of hydrogen-bond acceptors (Lipinski definition) is 14. The smallest absolute Gasteiger partial charge is 0.876 e. The van der Waals surface area contributed by atoms with Crippen LogP contribution in [-0.2, 0) is 19.2 Å². The van der Waals surface area contributed by atoms with E-state index in [-0.39, 0.29) is 134 Å². The molecule has 2 N–H and O–H groups in total. The molecule has 2 radical (unpaired) electrons. The molecule has 0 fully saturated rings. The van der Waals surface area contributed by atoms with Gasteiger partial charge in [0.2, 0.25) is 0 Å². The Morgan fingerprint density at radius 3 is 0.845 bits per heavy atom. The third-order valence-corrected chi connectivity index (χ3v) is 5.27. The number of para-hydroxylation sites is 2. The Kier molecular flexibility index (Phi) is 45.5. The Hall–Kier alpha value is -3.83. The SMILES string of the molecule is CC(=O)/C=C(/C)[O-].CC(=O)/C=C(/C)[O-].CC(=O)/C=C(/C)[O-].CC(=O)/C=C(/C)[O-].CO.CO.Cc1ccc2cccc([O-])c2n1.Cc1ccc2cccc([O-])c2n1.[Dy+3].[Dy+3]. The van der Waals surface area contributed by atoms with E-state index in [1.807, 2.05) is 50.2 Å². The van der Waals surface area contributed by atoms with Crippen LogP contribution in [0.15, 0.2) is 108 Å². The number of pyridine rings is 2. The normalized spacial score (nSPS) is 10.0. The molecule has 0 saturated carbocycles. The third kappa shape index (κ3) is 40.4. The number of hydrogen-bond donors (Lipinski definition) is 2. The Labute approximate surface area is 401 Å². The summed E-state index contributed by atoms with van der Waals surface area (Å²) >= 11 is 0. The summed E-state index contributed by atoms with van der Waals surface area (Å²) in [5.41, 5.74) is 2.90. The number of aryl methyl sites for hydroxylation is 2. The van der Waals surface area contributed by atoms with Gasteiger partial charge in [-0.25, -0.2) is 0 Å². The minimum Gasteiger partial charge on any atom is -0.876 e. The van der Waals surface area contributed by atoms with Crippen LogP contribution in [0.5, 0.6) is 11.5 Å². The number of aromatic nitrogens is 2. The van der Waals surface area contributed by atoms with E-state index in [4.69, 9.17) is 10.2 Å². The van der Waals surface area contributed by atoms with E-state index in [0.29, 0.717) is 11.0 Å². The molecule has 0 unspecified atom stereocenters. The van der Waals surface area contributed by atoms with Gasteiger partial charge in [-0.15, -0.1) is 23.0 Å². The van der Waals surface area contributed by atoms with E-state index in [9.17, 15) is 49.8 Å². The first kappa shape index (κ1) is 66.0. The predicted molar refractivity (Wildman–Crippen MR) is 206 cm³/mol. The van der Waals surface area contributed by atoms with Crippen molar-refractivity contribution >= 4 is 44.9 Å². The quantitative estimate of drug-likeness (QED) is 0.218. The van der Waals surface area contributed by atoms with E-state index in [0.717, 1.165) is 60.7 Å². The summed E-state index contributed by atoms with van der Waals surface area (Å²) < 4.78 is 0. The van der Waals surface area contributed by atoms with Crippen LogP contribution in [0.3, 0.4) is 0 Å². The molecule has 4 rings (SSSR count). The minimum absolute atomic E-state index is 0. The summed E-state index contributed by atoms with van der Waals surface area (Å²) in [7, 11) is 2.00. The van der Waals surface area contributed by atoms with Gasteiger partial charge in [-0.3, -0.25) is 29.1 Å². The van der Waals surface area contributed by atoms with E-state index in [2.05, 4.69) is 9.97 Å². The number of ketones is 4. The predicted octanol–water partition coefficient (Wildman–Crippen LogP) is 1.81. The molecule has 0 aliphatic rings. The molecule has 0 amide bonds. The monoisotopic (exact) mass is 1100 g/mol. The fraction of sp³-hybridized carbons (Fsp3) is 0.286. The number of nitrogens with zero attached hydrogens (tertiary/aromatic N) is 2. The van der Waals surface area contributed by atoms with Crippen LogP contribution >= 0.6 is 0 Å². The summed E-state index contributed by atoms with van der Waals surface area (Å²) in [5, 5.41) is 78.3. The van der Waals surface area contributed by atoms with E-state index < -0.39 is 0 Å². The van der Waals surface area contributed by atoms with Gasteiger partial charge in [-0.05, 0) is 88.8 Å². The Bertz CT molecular complexity index is 1730. The van der Waals surface area contributed by atoms with Crippen LogP contribution in [0.4, 0.5) is 0 Å². The molecule has 0 spiro atoms. The van der Waals surface area contributed by atoms with Crippen LogP contribution in [0.1, 0.15) is 66.8 Å². The molecule has 58 heavy (non-hydrogen) atoms. The van der Waals surface area contributed by atoms with Crippen molar-refractivity contribution in [2.24, 2.45) is 0 Å². The Morgan fingerprint density at radius 1 is 0.448 bits per heavy atom. The number of aliphatic hydroxyl groups is 2. The zero-order valence-corrected chi connectivity index (χ0v) is 38.6. The van der Waals surface area contributed by atoms with Crippen molar-refractivity contribution in [2.75, 3.05) is 14.2 Å². The zero-order chi connectivity index (χ0) is 44.6. The Balaban J connectivity index is -0.000000139. The van der Waals surface area contributed by atoms with Crippen molar-refractivity contribution in [1.82, 2.24) is 9.97 Å². The molecule has 2 heterocycles.